The number of benzodiazepines with no additional fused rings is 1. The third-order valence-electron chi connectivity index (χ3n) is 6.47. The molecule has 31 heavy (non-hydrogen) atoms. The number of aliphatic imine (C=N–C) groups is 1. The van der Waals surface area contributed by atoms with E-state index in [1.165, 1.54) is 11.3 Å². The Morgan fingerprint density at radius 1 is 1.35 bits per heavy atom. The summed E-state index contributed by atoms with van der Waals surface area (Å²) >= 11 is 1.50. The van der Waals surface area contributed by atoms with E-state index in [0.29, 0.717) is 18.1 Å². The number of hydrogen-bond acceptors (Lipinski definition) is 7. The van der Waals surface area contributed by atoms with Crippen LogP contribution in [0.1, 0.15) is 56.0 Å². The number of carbonyl (C=O) groups is 1. The Labute approximate surface area is 188 Å². The van der Waals surface area contributed by atoms with Crippen LogP contribution in [0, 0.1) is 11.8 Å². The molecule has 2 heterocycles. The van der Waals surface area contributed by atoms with E-state index >= 15 is 0 Å². The summed E-state index contributed by atoms with van der Waals surface area (Å²) in [4.78, 5) is 25.2. The summed E-state index contributed by atoms with van der Waals surface area (Å²) in [6.45, 7) is 2.10. The van der Waals surface area contributed by atoms with Crippen molar-refractivity contribution in [1.82, 2.24) is 4.98 Å². The topological polar surface area (TPSA) is 91.8 Å². The number of ketones is 1. The number of carbonyl (C=O) groups excluding carboxylic acids is 1. The zero-order valence-electron chi connectivity index (χ0n) is 18.3. The number of nitrogens with two attached hydrogens (primary N) is 1. The van der Waals surface area contributed by atoms with Gasteiger partial charge in [0.05, 0.1) is 6.10 Å². The van der Waals surface area contributed by atoms with Gasteiger partial charge in [0.2, 0.25) is 0 Å². The lowest BCUT2D eigenvalue weighted by molar-refractivity contribution is -0.128. The van der Waals surface area contributed by atoms with Crippen LogP contribution in [0.3, 0.4) is 0 Å². The Kier molecular flexibility index (Phi) is 6.84. The number of rotatable bonds is 9. The number of aliphatic hydroxyl groups excluding tert-OH is 1. The largest absolute Gasteiger partial charge is 0.392 e. The molecule has 0 bridgehead atoms. The first-order valence-corrected chi connectivity index (χ1v) is 12.2. The normalized spacial score (nSPS) is 23.0. The van der Waals surface area contributed by atoms with Crippen LogP contribution in [-0.2, 0) is 4.79 Å². The maximum Gasteiger partial charge on any atom is 0.166 e. The van der Waals surface area contributed by atoms with E-state index in [1.807, 2.05) is 41.6 Å². The number of likely N-dealkylation sites (N-methyl/N-ethyl adjacent to an activating group) is 1. The first-order chi connectivity index (χ1) is 15.0. The molecule has 0 amide bonds. The van der Waals surface area contributed by atoms with E-state index in [9.17, 15) is 9.90 Å². The van der Waals surface area contributed by atoms with Gasteiger partial charge in [0.25, 0.3) is 0 Å². The molecule has 2 aromatic rings. The third-order valence-corrected chi connectivity index (χ3v) is 7.25. The van der Waals surface area contributed by atoms with E-state index in [2.05, 4.69) is 11.9 Å². The molecule has 2 aliphatic rings. The van der Waals surface area contributed by atoms with Gasteiger partial charge in [-0.1, -0.05) is 50.8 Å². The van der Waals surface area contributed by atoms with Gasteiger partial charge in [0, 0.05) is 35.8 Å². The second kappa shape index (κ2) is 9.59. The van der Waals surface area contributed by atoms with Crippen LogP contribution in [0.15, 0.2) is 40.8 Å². The number of aromatic nitrogens is 1. The van der Waals surface area contributed by atoms with Crippen LogP contribution in [0.5, 0.6) is 0 Å². The number of nitrogens with zero attached hydrogens (tertiary/aromatic N) is 3. The van der Waals surface area contributed by atoms with Gasteiger partial charge in [0.1, 0.15) is 22.9 Å². The lowest BCUT2D eigenvalue weighted by Gasteiger charge is -2.32. The SMILES string of the molecule is CCCCC(O)C(CC1CC1)C(=O)C1N=C(c2nccs2)c2ccccc2N(C)C1N. The highest BCUT2D eigenvalue weighted by Crippen LogP contribution is 2.38. The van der Waals surface area contributed by atoms with Gasteiger partial charge in [0.15, 0.2) is 5.78 Å². The van der Waals surface area contributed by atoms with Crippen LogP contribution in [0.4, 0.5) is 5.69 Å². The number of anilines is 1. The van der Waals surface area contributed by atoms with Gasteiger partial charge >= 0.3 is 0 Å². The molecule has 1 aromatic carbocycles. The highest BCUT2D eigenvalue weighted by Gasteiger charge is 2.41. The van der Waals surface area contributed by atoms with Crippen molar-refractivity contribution in [1.29, 1.82) is 0 Å². The molecule has 1 aliphatic heterocycles. The van der Waals surface area contributed by atoms with Crippen molar-refractivity contribution in [2.45, 2.75) is 63.8 Å². The molecule has 4 unspecified atom stereocenters. The van der Waals surface area contributed by atoms with Gasteiger partial charge in [-0.25, -0.2) is 4.98 Å². The molecule has 3 N–H and O–H groups in total. The molecule has 166 valence electrons. The molecule has 4 rings (SSSR count). The fourth-order valence-electron chi connectivity index (χ4n) is 4.39. The number of para-hydroxylation sites is 1. The fraction of sp³-hybridized carbons (Fsp3) is 0.542. The maximum absolute atomic E-state index is 13.9. The first-order valence-electron chi connectivity index (χ1n) is 11.3. The number of Topliss-reactive ketones (excluding diaryl/α,β-unsaturated/α-hetero) is 1. The molecule has 0 saturated heterocycles. The van der Waals surface area contributed by atoms with Crippen molar-refractivity contribution >= 4 is 28.5 Å². The number of hydrogen-bond donors (Lipinski definition) is 2. The van der Waals surface area contributed by atoms with E-state index in [0.717, 1.165) is 48.4 Å². The zero-order valence-corrected chi connectivity index (χ0v) is 19.1. The average molecular weight is 441 g/mol. The molecular formula is C24H32N4O2S. The molecule has 1 aromatic heterocycles. The van der Waals surface area contributed by atoms with Gasteiger partial charge in [-0.15, -0.1) is 11.3 Å². The third kappa shape index (κ3) is 4.73. The van der Waals surface area contributed by atoms with E-state index < -0.39 is 24.2 Å². The van der Waals surface area contributed by atoms with Crippen LogP contribution in [-0.4, -0.2) is 46.9 Å². The van der Waals surface area contributed by atoms with Crippen LogP contribution < -0.4 is 10.6 Å². The average Bonchev–Trinajstić information content (AvgIpc) is 3.47. The van der Waals surface area contributed by atoms with Crippen LogP contribution >= 0.6 is 11.3 Å². The van der Waals surface area contributed by atoms with Crippen molar-refractivity contribution in [3.8, 4) is 0 Å². The van der Waals surface area contributed by atoms with Crippen molar-refractivity contribution in [2.75, 3.05) is 11.9 Å². The molecule has 0 spiro atoms. The number of aliphatic hydroxyl groups is 1. The number of fused-ring (bicyclic) bond motifs is 1. The number of unbranched alkanes of at least 4 members (excludes halogenated alkanes) is 1. The zero-order chi connectivity index (χ0) is 22.0. The Hall–Kier alpha value is -2.09. The van der Waals surface area contributed by atoms with Gasteiger partial charge in [-0.3, -0.25) is 9.79 Å². The lowest BCUT2D eigenvalue weighted by Crippen LogP contribution is -2.53. The van der Waals surface area contributed by atoms with Crippen molar-refractivity contribution in [3.05, 3.63) is 46.4 Å². The molecule has 0 radical (unpaired) electrons. The quantitative estimate of drug-likeness (QED) is 0.621. The smallest absolute Gasteiger partial charge is 0.166 e. The minimum Gasteiger partial charge on any atom is -0.392 e. The molecule has 7 heteroatoms. The summed E-state index contributed by atoms with van der Waals surface area (Å²) < 4.78 is 0. The second-order valence-corrected chi connectivity index (χ2v) is 9.67. The summed E-state index contributed by atoms with van der Waals surface area (Å²) in [5.74, 6) is 0.0623. The summed E-state index contributed by atoms with van der Waals surface area (Å²) in [6.07, 6.45) is 6.05. The molecule has 1 fully saturated rings. The van der Waals surface area contributed by atoms with Gasteiger partial charge < -0.3 is 15.7 Å². The standard InChI is InChI=1S/C24H32N4O2S/c1-3-4-9-19(29)17(14-15-10-11-15)22(30)21-23(25)28(2)18-8-6-5-7-16(18)20(27-21)24-26-12-13-31-24/h5-8,12-13,15,17,19,21,23,29H,3-4,9-11,14,25H2,1-2H3. The Morgan fingerprint density at radius 3 is 2.81 bits per heavy atom. The van der Waals surface area contributed by atoms with Crippen LogP contribution in [0.2, 0.25) is 0 Å². The van der Waals surface area contributed by atoms with Gasteiger partial charge in [-0.2, -0.15) is 0 Å². The Bertz CT molecular complexity index is 925. The predicted octanol–water partition coefficient (Wildman–Crippen LogP) is 3.62. The van der Waals surface area contributed by atoms with Crippen LogP contribution in [0.25, 0.3) is 0 Å². The maximum atomic E-state index is 13.9. The highest BCUT2D eigenvalue weighted by molar-refractivity contribution is 7.11. The molecule has 6 nitrogen and oxygen atoms in total. The van der Waals surface area contributed by atoms with E-state index in [-0.39, 0.29) is 5.78 Å². The fourth-order valence-corrected chi connectivity index (χ4v) is 5.04. The summed E-state index contributed by atoms with van der Waals surface area (Å²) in [7, 11) is 1.91. The predicted molar refractivity (Wildman–Crippen MR) is 126 cm³/mol. The monoisotopic (exact) mass is 440 g/mol. The molecule has 4 atom stereocenters. The molecule has 1 saturated carbocycles. The van der Waals surface area contributed by atoms with Gasteiger partial charge in [-0.05, 0) is 24.8 Å². The molecular weight excluding hydrogens is 408 g/mol. The highest BCUT2D eigenvalue weighted by atomic mass is 32.1. The Morgan fingerprint density at radius 2 is 2.13 bits per heavy atom. The number of thiazole rings is 1. The van der Waals surface area contributed by atoms with Crippen molar-refractivity contribution in [2.24, 2.45) is 22.6 Å². The van der Waals surface area contributed by atoms with E-state index in [4.69, 9.17) is 10.7 Å². The van der Waals surface area contributed by atoms with E-state index in [1.54, 1.807) is 6.20 Å². The minimum atomic E-state index is -0.753. The minimum absolute atomic E-state index is 0.0447. The second-order valence-electron chi connectivity index (χ2n) is 8.78. The molecule has 1 aliphatic carbocycles. The summed E-state index contributed by atoms with van der Waals surface area (Å²) in [5, 5.41) is 13.6. The summed E-state index contributed by atoms with van der Waals surface area (Å²) in [5.41, 5.74) is 9.20. The Balaban J connectivity index is 1.73. The van der Waals surface area contributed by atoms with Crippen molar-refractivity contribution in [3.63, 3.8) is 0 Å². The summed E-state index contributed by atoms with van der Waals surface area (Å²) in [6, 6.07) is 7.19. The number of benzene rings is 1. The lowest BCUT2D eigenvalue weighted by atomic mass is 9.85. The first kappa shape index (κ1) is 22.1. The van der Waals surface area contributed by atoms with Crippen molar-refractivity contribution < 1.29 is 9.90 Å².